The van der Waals surface area contributed by atoms with Gasteiger partial charge in [-0.2, -0.15) is 5.26 Å². The van der Waals surface area contributed by atoms with Gasteiger partial charge in [-0.1, -0.05) is 12.1 Å². The topological polar surface area (TPSA) is 85.8 Å². The highest BCUT2D eigenvalue weighted by molar-refractivity contribution is 6.05. The largest absolute Gasteiger partial charge is 0.354 e. The van der Waals surface area contributed by atoms with E-state index in [9.17, 15) is 9.59 Å². The maximum atomic E-state index is 12.4. The van der Waals surface area contributed by atoms with Crippen LogP contribution in [0, 0.1) is 11.3 Å². The van der Waals surface area contributed by atoms with E-state index in [-0.39, 0.29) is 18.1 Å². The maximum absolute atomic E-state index is 12.4. The fourth-order valence-electron chi connectivity index (χ4n) is 3.28. The van der Waals surface area contributed by atoms with Gasteiger partial charge in [0.2, 0.25) is 5.91 Å². The molecular formula is C21H15N3O2. The lowest BCUT2D eigenvalue weighted by Gasteiger charge is -2.08. The van der Waals surface area contributed by atoms with Gasteiger partial charge in [-0.25, -0.2) is 0 Å². The van der Waals surface area contributed by atoms with Crippen LogP contribution in [0.2, 0.25) is 0 Å². The molecule has 0 radical (unpaired) electrons. The number of aromatic amines is 1. The Morgan fingerprint density at radius 2 is 2.08 bits per heavy atom. The molecule has 0 fully saturated rings. The molecule has 1 aliphatic rings. The first-order valence-corrected chi connectivity index (χ1v) is 8.23. The van der Waals surface area contributed by atoms with E-state index in [1.54, 1.807) is 12.1 Å². The molecule has 1 aliphatic heterocycles. The first-order valence-electron chi connectivity index (χ1n) is 8.23. The molecule has 2 N–H and O–H groups in total. The predicted octanol–water partition coefficient (Wildman–Crippen LogP) is 3.80. The monoisotopic (exact) mass is 341 g/mol. The van der Waals surface area contributed by atoms with E-state index in [2.05, 4.69) is 16.4 Å². The fraction of sp³-hybridized carbons (Fsp3) is 0.0952. The number of nitrogens with zero attached hydrogens (tertiary/aromatic N) is 1. The van der Waals surface area contributed by atoms with Gasteiger partial charge >= 0.3 is 0 Å². The summed E-state index contributed by atoms with van der Waals surface area (Å²) < 4.78 is 0. The van der Waals surface area contributed by atoms with Gasteiger partial charge in [-0.15, -0.1) is 0 Å². The number of H-pyrrole nitrogens is 1. The van der Waals surface area contributed by atoms with E-state index in [1.807, 2.05) is 30.3 Å². The minimum Gasteiger partial charge on any atom is -0.354 e. The standard InChI is InChI=1S/C21H15N3O2/c1-12(25)2-3-13-4-6-19-17(8-13)21-16(10-20(26)23-19)15-9-14(11-22)5-7-18(15)24-21/h2-9,24H,10H2,1H3,(H,23,26)/b3-2+. The SMILES string of the molecule is CC(=O)/C=C/c1ccc2c(c1)-c1[nH]c3ccc(C#N)cc3c1CC(=O)N2. The number of carbonyl (C=O) groups is 2. The number of hydrogen-bond donors (Lipinski definition) is 2. The molecule has 1 amide bonds. The number of carbonyl (C=O) groups excluding carboxylic acids is 2. The van der Waals surface area contributed by atoms with Crippen molar-refractivity contribution in [1.82, 2.24) is 4.98 Å². The van der Waals surface area contributed by atoms with Gasteiger partial charge in [0.15, 0.2) is 5.78 Å². The second kappa shape index (κ2) is 6.01. The van der Waals surface area contributed by atoms with Gasteiger partial charge in [-0.3, -0.25) is 9.59 Å². The van der Waals surface area contributed by atoms with Crippen molar-refractivity contribution >= 4 is 34.4 Å². The lowest BCUT2D eigenvalue weighted by molar-refractivity contribution is -0.115. The number of allylic oxidation sites excluding steroid dienone is 1. The molecule has 5 nitrogen and oxygen atoms in total. The molecule has 2 aromatic carbocycles. The van der Waals surface area contributed by atoms with Crippen LogP contribution in [0.5, 0.6) is 0 Å². The highest BCUT2D eigenvalue weighted by atomic mass is 16.1. The predicted molar refractivity (Wildman–Crippen MR) is 100 cm³/mol. The van der Waals surface area contributed by atoms with Crippen LogP contribution in [0.4, 0.5) is 5.69 Å². The molecule has 26 heavy (non-hydrogen) atoms. The lowest BCUT2D eigenvalue weighted by Crippen LogP contribution is -2.12. The summed E-state index contributed by atoms with van der Waals surface area (Å²) in [4.78, 5) is 26.9. The lowest BCUT2D eigenvalue weighted by atomic mass is 10.0. The minimum atomic E-state index is -0.0970. The van der Waals surface area contributed by atoms with Crippen LogP contribution in [-0.4, -0.2) is 16.7 Å². The van der Waals surface area contributed by atoms with E-state index in [4.69, 9.17) is 5.26 Å². The van der Waals surface area contributed by atoms with Crippen LogP contribution >= 0.6 is 0 Å². The number of benzene rings is 2. The van der Waals surface area contributed by atoms with Crippen molar-refractivity contribution in [2.45, 2.75) is 13.3 Å². The van der Waals surface area contributed by atoms with Gasteiger partial charge in [0.25, 0.3) is 0 Å². The van der Waals surface area contributed by atoms with Gasteiger partial charge in [0.1, 0.15) is 0 Å². The number of nitriles is 1. The third-order valence-electron chi connectivity index (χ3n) is 4.47. The molecule has 4 rings (SSSR count). The molecule has 0 unspecified atom stereocenters. The second-order valence-electron chi connectivity index (χ2n) is 6.32. The average Bonchev–Trinajstić information content (AvgIpc) is 2.91. The minimum absolute atomic E-state index is 0.0245. The highest BCUT2D eigenvalue weighted by Crippen LogP contribution is 2.38. The third-order valence-corrected chi connectivity index (χ3v) is 4.47. The van der Waals surface area contributed by atoms with Crippen LogP contribution < -0.4 is 5.32 Å². The van der Waals surface area contributed by atoms with E-state index in [1.165, 1.54) is 13.0 Å². The van der Waals surface area contributed by atoms with Crippen LogP contribution in [0.1, 0.15) is 23.6 Å². The molecule has 0 spiro atoms. The maximum Gasteiger partial charge on any atom is 0.228 e. The zero-order valence-corrected chi connectivity index (χ0v) is 14.1. The van der Waals surface area contributed by atoms with Crippen molar-refractivity contribution in [3.8, 4) is 17.3 Å². The summed E-state index contributed by atoms with van der Waals surface area (Å²) in [6.45, 7) is 1.50. The van der Waals surface area contributed by atoms with Gasteiger partial charge in [0.05, 0.1) is 29.4 Å². The summed E-state index contributed by atoms with van der Waals surface area (Å²) >= 11 is 0. The molecule has 0 bridgehead atoms. The Bertz CT molecular complexity index is 1150. The molecular weight excluding hydrogens is 326 g/mol. The zero-order valence-electron chi connectivity index (χ0n) is 14.1. The van der Waals surface area contributed by atoms with Gasteiger partial charge < -0.3 is 10.3 Å². The molecule has 0 atom stereocenters. The summed E-state index contributed by atoms with van der Waals surface area (Å²) in [6.07, 6.45) is 3.51. The molecule has 126 valence electrons. The number of rotatable bonds is 2. The summed E-state index contributed by atoms with van der Waals surface area (Å²) in [5.74, 6) is -0.121. The van der Waals surface area contributed by atoms with Gasteiger partial charge in [-0.05, 0) is 54.5 Å². The first kappa shape index (κ1) is 15.9. The number of anilines is 1. The van der Waals surface area contributed by atoms with Crippen molar-refractivity contribution in [3.63, 3.8) is 0 Å². The molecule has 0 saturated heterocycles. The quantitative estimate of drug-likeness (QED) is 0.695. The number of nitrogens with one attached hydrogen (secondary N) is 2. The van der Waals surface area contributed by atoms with E-state index < -0.39 is 0 Å². The van der Waals surface area contributed by atoms with Crippen LogP contribution in [0.3, 0.4) is 0 Å². The summed E-state index contributed by atoms with van der Waals surface area (Å²) in [5, 5.41) is 13.0. The Morgan fingerprint density at radius 3 is 2.85 bits per heavy atom. The van der Waals surface area contributed by atoms with Crippen molar-refractivity contribution in [2.75, 3.05) is 5.32 Å². The summed E-state index contributed by atoms with van der Waals surface area (Å²) in [7, 11) is 0. The Balaban J connectivity index is 1.96. The van der Waals surface area contributed by atoms with E-state index >= 15 is 0 Å². The van der Waals surface area contributed by atoms with E-state index in [0.29, 0.717) is 5.56 Å². The normalized spacial score (nSPS) is 13.0. The Hall–Kier alpha value is -3.65. The van der Waals surface area contributed by atoms with Crippen LogP contribution in [0.25, 0.3) is 28.2 Å². The van der Waals surface area contributed by atoms with Gasteiger partial charge in [0, 0.05) is 16.5 Å². The second-order valence-corrected chi connectivity index (χ2v) is 6.32. The van der Waals surface area contributed by atoms with Crippen molar-refractivity contribution < 1.29 is 9.59 Å². The van der Waals surface area contributed by atoms with Crippen LogP contribution in [-0.2, 0) is 16.0 Å². The average molecular weight is 341 g/mol. The highest BCUT2D eigenvalue weighted by Gasteiger charge is 2.23. The summed E-state index contributed by atoms with van der Waals surface area (Å²) in [5.41, 5.74) is 5.65. The molecule has 0 saturated carbocycles. The number of amides is 1. The zero-order chi connectivity index (χ0) is 18.3. The van der Waals surface area contributed by atoms with Crippen molar-refractivity contribution in [2.24, 2.45) is 0 Å². The number of aromatic nitrogens is 1. The Morgan fingerprint density at radius 1 is 1.23 bits per heavy atom. The summed E-state index contributed by atoms with van der Waals surface area (Å²) in [6, 6.07) is 13.2. The first-order chi connectivity index (χ1) is 12.5. The molecule has 0 aliphatic carbocycles. The number of fused-ring (bicyclic) bond motifs is 5. The molecule has 5 heteroatoms. The molecule has 2 heterocycles. The Labute approximate surface area is 150 Å². The van der Waals surface area contributed by atoms with E-state index in [0.717, 1.165) is 39.0 Å². The van der Waals surface area contributed by atoms with Crippen molar-refractivity contribution in [1.29, 1.82) is 5.26 Å². The third kappa shape index (κ3) is 2.68. The molecule has 1 aromatic heterocycles. The Kier molecular flexibility index (Phi) is 3.67. The smallest absolute Gasteiger partial charge is 0.228 e. The number of ketones is 1. The fourth-order valence-corrected chi connectivity index (χ4v) is 3.28. The molecule has 3 aromatic rings. The van der Waals surface area contributed by atoms with Crippen LogP contribution in [0.15, 0.2) is 42.5 Å². The number of hydrogen-bond acceptors (Lipinski definition) is 3. The van der Waals surface area contributed by atoms with Crippen molar-refractivity contribution in [3.05, 3.63) is 59.2 Å².